The molecule has 2 heterocycles. The maximum atomic E-state index is 11.7. The van der Waals surface area contributed by atoms with E-state index in [4.69, 9.17) is 0 Å². The Kier molecular flexibility index (Phi) is 4.04. The van der Waals surface area contributed by atoms with Crippen molar-refractivity contribution in [2.24, 2.45) is 0 Å². The van der Waals surface area contributed by atoms with Gasteiger partial charge < -0.3 is 15.5 Å². The molecule has 16 heavy (non-hydrogen) atoms. The summed E-state index contributed by atoms with van der Waals surface area (Å²) in [6, 6.07) is 1.16. The zero-order valence-corrected chi connectivity index (χ0v) is 10.2. The molecule has 0 aromatic carbocycles. The average Bonchev–Trinajstić information content (AvgIpc) is 2.86. The highest BCUT2D eigenvalue weighted by atomic mass is 16.2. The van der Waals surface area contributed by atoms with Gasteiger partial charge in [0.25, 0.3) is 0 Å². The first-order valence-corrected chi connectivity index (χ1v) is 6.58. The van der Waals surface area contributed by atoms with Gasteiger partial charge in [-0.1, -0.05) is 13.3 Å². The van der Waals surface area contributed by atoms with Crippen LogP contribution in [0.15, 0.2) is 0 Å². The summed E-state index contributed by atoms with van der Waals surface area (Å²) in [5.74, 6) is 0. The monoisotopic (exact) mass is 225 g/mol. The van der Waals surface area contributed by atoms with E-state index in [9.17, 15) is 4.79 Å². The molecule has 92 valence electrons. The first-order chi connectivity index (χ1) is 7.79. The van der Waals surface area contributed by atoms with Gasteiger partial charge >= 0.3 is 6.03 Å². The maximum Gasteiger partial charge on any atom is 0.317 e. The van der Waals surface area contributed by atoms with E-state index in [1.165, 1.54) is 12.8 Å². The van der Waals surface area contributed by atoms with Crippen LogP contribution >= 0.6 is 0 Å². The number of carbonyl (C=O) groups excluding carboxylic acids is 1. The predicted octanol–water partition coefficient (Wildman–Crippen LogP) is 1.32. The zero-order valence-electron chi connectivity index (χ0n) is 10.2. The van der Waals surface area contributed by atoms with Crippen molar-refractivity contribution in [2.45, 2.75) is 51.1 Å². The summed E-state index contributed by atoms with van der Waals surface area (Å²) >= 11 is 0. The molecule has 2 saturated heterocycles. The molecule has 0 radical (unpaired) electrons. The normalized spacial score (nSPS) is 29.8. The number of nitrogens with zero attached hydrogens (tertiary/aromatic N) is 1. The van der Waals surface area contributed by atoms with Gasteiger partial charge in [0.1, 0.15) is 0 Å². The Bertz CT molecular complexity index is 238. The molecule has 4 nitrogen and oxygen atoms in total. The fourth-order valence-corrected chi connectivity index (χ4v) is 2.68. The number of nitrogens with one attached hydrogen (secondary N) is 2. The molecule has 2 N–H and O–H groups in total. The van der Waals surface area contributed by atoms with Gasteiger partial charge in [0, 0.05) is 25.2 Å². The van der Waals surface area contributed by atoms with Crippen LogP contribution in [-0.4, -0.2) is 42.6 Å². The van der Waals surface area contributed by atoms with Crippen LogP contribution in [0.1, 0.15) is 39.0 Å². The van der Waals surface area contributed by atoms with Crippen LogP contribution in [0.5, 0.6) is 0 Å². The van der Waals surface area contributed by atoms with Gasteiger partial charge in [-0.3, -0.25) is 0 Å². The molecule has 2 aliphatic rings. The molecule has 4 heteroatoms. The summed E-state index contributed by atoms with van der Waals surface area (Å²) in [5, 5.41) is 6.52. The summed E-state index contributed by atoms with van der Waals surface area (Å²) in [6.07, 6.45) is 5.91. The van der Waals surface area contributed by atoms with Gasteiger partial charge in [-0.25, -0.2) is 4.79 Å². The lowest BCUT2D eigenvalue weighted by atomic mass is 10.1. The van der Waals surface area contributed by atoms with Gasteiger partial charge in [-0.15, -0.1) is 0 Å². The number of amides is 2. The van der Waals surface area contributed by atoms with Crippen molar-refractivity contribution in [3.05, 3.63) is 0 Å². The Balaban J connectivity index is 1.70. The Morgan fingerprint density at radius 2 is 2.25 bits per heavy atom. The van der Waals surface area contributed by atoms with Gasteiger partial charge in [-0.2, -0.15) is 0 Å². The van der Waals surface area contributed by atoms with Crippen LogP contribution in [0.2, 0.25) is 0 Å². The smallest absolute Gasteiger partial charge is 0.317 e. The Hall–Kier alpha value is -0.770. The van der Waals surface area contributed by atoms with Crippen LogP contribution in [0.4, 0.5) is 4.79 Å². The lowest BCUT2D eigenvalue weighted by molar-refractivity contribution is 0.215. The van der Waals surface area contributed by atoms with E-state index in [1.807, 2.05) is 4.90 Å². The van der Waals surface area contributed by atoms with E-state index in [-0.39, 0.29) is 6.03 Å². The standard InChI is InChI=1S/C12H23N3O/c1-2-4-11-9-15(12(16)14-11)8-6-10-5-3-7-13-10/h10-11,13H,2-9H2,1H3,(H,14,16). The summed E-state index contributed by atoms with van der Waals surface area (Å²) in [6.45, 7) is 5.12. The van der Waals surface area contributed by atoms with E-state index >= 15 is 0 Å². The van der Waals surface area contributed by atoms with Crippen molar-refractivity contribution in [1.82, 2.24) is 15.5 Å². The van der Waals surface area contributed by atoms with Crippen LogP contribution in [0, 0.1) is 0 Å². The fraction of sp³-hybridized carbons (Fsp3) is 0.917. The average molecular weight is 225 g/mol. The SMILES string of the molecule is CCCC1CN(CCC2CCCN2)C(=O)N1. The van der Waals surface area contributed by atoms with Crippen molar-refractivity contribution in [3.8, 4) is 0 Å². The van der Waals surface area contributed by atoms with E-state index in [2.05, 4.69) is 17.6 Å². The summed E-state index contributed by atoms with van der Waals surface area (Å²) < 4.78 is 0. The topological polar surface area (TPSA) is 44.4 Å². The molecule has 0 aromatic rings. The second kappa shape index (κ2) is 5.53. The van der Waals surface area contributed by atoms with Gasteiger partial charge in [0.15, 0.2) is 0 Å². The third-order valence-electron chi connectivity index (χ3n) is 3.60. The van der Waals surface area contributed by atoms with Crippen LogP contribution < -0.4 is 10.6 Å². The minimum Gasteiger partial charge on any atom is -0.333 e. The number of urea groups is 1. The molecular formula is C12H23N3O. The highest BCUT2D eigenvalue weighted by molar-refractivity contribution is 5.76. The third kappa shape index (κ3) is 2.88. The molecule has 0 spiro atoms. The molecule has 2 rings (SSSR count). The molecule has 2 fully saturated rings. The first-order valence-electron chi connectivity index (χ1n) is 6.58. The largest absolute Gasteiger partial charge is 0.333 e. The van der Waals surface area contributed by atoms with E-state index < -0.39 is 0 Å². The lowest BCUT2D eigenvalue weighted by Gasteiger charge is -2.17. The van der Waals surface area contributed by atoms with Gasteiger partial charge in [0.05, 0.1) is 0 Å². The number of hydrogen-bond acceptors (Lipinski definition) is 2. The number of hydrogen-bond donors (Lipinski definition) is 2. The van der Waals surface area contributed by atoms with Crippen molar-refractivity contribution < 1.29 is 4.79 Å². The zero-order chi connectivity index (χ0) is 11.4. The van der Waals surface area contributed by atoms with E-state index in [1.54, 1.807) is 0 Å². The van der Waals surface area contributed by atoms with Gasteiger partial charge in [0.2, 0.25) is 0 Å². The first kappa shape index (κ1) is 11.7. The summed E-state index contributed by atoms with van der Waals surface area (Å²) in [7, 11) is 0. The molecular weight excluding hydrogens is 202 g/mol. The molecule has 0 aliphatic carbocycles. The van der Waals surface area contributed by atoms with Crippen LogP contribution in [-0.2, 0) is 0 Å². The predicted molar refractivity (Wildman–Crippen MR) is 64.4 cm³/mol. The Labute approximate surface area is 97.8 Å². The minimum atomic E-state index is 0.136. The van der Waals surface area contributed by atoms with Crippen LogP contribution in [0.3, 0.4) is 0 Å². The van der Waals surface area contributed by atoms with Crippen molar-refractivity contribution in [2.75, 3.05) is 19.6 Å². The number of rotatable bonds is 5. The lowest BCUT2D eigenvalue weighted by Crippen LogP contribution is -2.33. The minimum absolute atomic E-state index is 0.136. The Morgan fingerprint density at radius 3 is 2.94 bits per heavy atom. The van der Waals surface area contributed by atoms with Crippen molar-refractivity contribution in [1.29, 1.82) is 0 Å². The van der Waals surface area contributed by atoms with E-state index in [0.717, 1.165) is 38.9 Å². The molecule has 2 unspecified atom stereocenters. The number of carbonyl (C=O) groups is 1. The molecule has 0 bridgehead atoms. The van der Waals surface area contributed by atoms with Crippen molar-refractivity contribution >= 4 is 6.03 Å². The van der Waals surface area contributed by atoms with Gasteiger partial charge in [-0.05, 0) is 32.2 Å². The summed E-state index contributed by atoms with van der Waals surface area (Å²) in [5.41, 5.74) is 0. The van der Waals surface area contributed by atoms with Crippen molar-refractivity contribution in [3.63, 3.8) is 0 Å². The molecule has 2 aliphatic heterocycles. The third-order valence-corrected chi connectivity index (χ3v) is 3.60. The highest BCUT2D eigenvalue weighted by Gasteiger charge is 2.28. The maximum absolute atomic E-state index is 11.7. The Morgan fingerprint density at radius 1 is 1.38 bits per heavy atom. The molecule has 2 atom stereocenters. The fourth-order valence-electron chi connectivity index (χ4n) is 2.68. The highest BCUT2D eigenvalue weighted by Crippen LogP contribution is 2.13. The molecule has 0 aromatic heterocycles. The van der Waals surface area contributed by atoms with Crippen LogP contribution in [0.25, 0.3) is 0 Å². The molecule has 2 amide bonds. The second-order valence-electron chi connectivity index (χ2n) is 4.96. The van der Waals surface area contributed by atoms with E-state index in [0.29, 0.717) is 12.1 Å². The summed E-state index contributed by atoms with van der Waals surface area (Å²) in [4.78, 5) is 13.6. The second-order valence-corrected chi connectivity index (χ2v) is 4.96. The quantitative estimate of drug-likeness (QED) is 0.741. The molecule has 0 saturated carbocycles.